The van der Waals surface area contributed by atoms with Gasteiger partial charge in [0.15, 0.2) is 4.90 Å². The predicted octanol–water partition coefficient (Wildman–Crippen LogP) is -1.01. The highest BCUT2D eigenvalue weighted by molar-refractivity contribution is 7.89. The van der Waals surface area contributed by atoms with Crippen molar-refractivity contribution in [3.63, 3.8) is 0 Å². The molecule has 0 spiro atoms. The molecule has 2 rings (SSSR count). The Bertz CT molecular complexity index is 672. The van der Waals surface area contributed by atoms with Crippen LogP contribution in [0.25, 0.3) is 0 Å². The molecule has 3 N–H and O–H groups in total. The van der Waals surface area contributed by atoms with Crippen LogP contribution in [0.5, 0.6) is 0 Å². The third-order valence-corrected chi connectivity index (χ3v) is 5.38. The third-order valence-electron chi connectivity index (χ3n) is 3.42. The molecule has 0 aromatic carbocycles. The number of aromatic amines is 2. The monoisotopic (exact) mass is 303 g/mol. The Balaban J connectivity index is 2.44. The summed E-state index contributed by atoms with van der Waals surface area (Å²) in [7, 11) is -4.03. The van der Waals surface area contributed by atoms with Crippen molar-refractivity contribution in [2.24, 2.45) is 0 Å². The molecule has 0 bridgehead atoms. The van der Waals surface area contributed by atoms with E-state index in [-0.39, 0.29) is 19.2 Å². The van der Waals surface area contributed by atoms with Crippen molar-refractivity contribution in [1.29, 1.82) is 0 Å². The van der Waals surface area contributed by atoms with E-state index in [0.29, 0.717) is 12.8 Å². The first-order valence-corrected chi connectivity index (χ1v) is 7.85. The first-order valence-electron chi connectivity index (χ1n) is 6.41. The van der Waals surface area contributed by atoms with Gasteiger partial charge in [-0.1, -0.05) is 12.8 Å². The lowest BCUT2D eigenvalue weighted by atomic mass is 10.2. The van der Waals surface area contributed by atoms with Gasteiger partial charge in [0.25, 0.3) is 5.56 Å². The number of nitrogens with one attached hydrogen (secondary N) is 2. The summed E-state index contributed by atoms with van der Waals surface area (Å²) in [5.74, 6) is 0. The summed E-state index contributed by atoms with van der Waals surface area (Å²) in [5, 5.41) is 9.07. The van der Waals surface area contributed by atoms with E-state index < -0.39 is 26.2 Å². The fourth-order valence-electron chi connectivity index (χ4n) is 2.51. The fourth-order valence-corrected chi connectivity index (χ4v) is 4.18. The number of aliphatic hydroxyl groups excluding tert-OH is 1. The van der Waals surface area contributed by atoms with Gasteiger partial charge < -0.3 is 10.1 Å². The molecular weight excluding hydrogens is 286 g/mol. The summed E-state index contributed by atoms with van der Waals surface area (Å²) in [4.78, 5) is 26.2. The van der Waals surface area contributed by atoms with Gasteiger partial charge in [0, 0.05) is 18.8 Å². The van der Waals surface area contributed by atoms with Gasteiger partial charge in [-0.15, -0.1) is 0 Å². The van der Waals surface area contributed by atoms with E-state index in [1.165, 1.54) is 0 Å². The normalized spacial score (nSPS) is 16.9. The number of aromatic nitrogens is 2. The molecular formula is C11H17N3O5S. The highest BCUT2D eigenvalue weighted by Gasteiger charge is 2.34. The summed E-state index contributed by atoms with van der Waals surface area (Å²) in [6.07, 6.45) is 4.16. The second-order valence-electron chi connectivity index (χ2n) is 4.71. The lowest BCUT2D eigenvalue weighted by Gasteiger charge is -2.26. The second kappa shape index (κ2) is 5.90. The molecule has 1 saturated carbocycles. The molecule has 1 aromatic heterocycles. The van der Waals surface area contributed by atoms with E-state index in [2.05, 4.69) is 4.98 Å². The van der Waals surface area contributed by atoms with Crippen LogP contribution in [0.4, 0.5) is 0 Å². The van der Waals surface area contributed by atoms with Crippen LogP contribution in [0.2, 0.25) is 0 Å². The summed E-state index contributed by atoms with van der Waals surface area (Å²) >= 11 is 0. The van der Waals surface area contributed by atoms with Gasteiger partial charge in [0.2, 0.25) is 10.0 Å². The van der Waals surface area contributed by atoms with Crippen molar-refractivity contribution in [2.45, 2.75) is 36.6 Å². The largest absolute Gasteiger partial charge is 0.395 e. The summed E-state index contributed by atoms with van der Waals surface area (Å²) in [6, 6.07) is -0.210. The zero-order chi connectivity index (χ0) is 14.8. The van der Waals surface area contributed by atoms with E-state index in [9.17, 15) is 18.0 Å². The van der Waals surface area contributed by atoms with Gasteiger partial charge in [0.05, 0.1) is 6.61 Å². The number of hydrogen-bond acceptors (Lipinski definition) is 5. The van der Waals surface area contributed by atoms with Crippen LogP contribution in [-0.2, 0) is 10.0 Å². The number of sulfonamides is 1. The van der Waals surface area contributed by atoms with Crippen LogP contribution in [0.1, 0.15) is 25.7 Å². The van der Waals surface area contributed by atoms with E-state index in [4.69, 9.17) is 5.11 Å². The van der Waals surface area contributed by atoms with Crippen LogP contribution >= 0.6 is 0 Å². The van der Waals surface area contributed by atoms with E-state index >= 15 is 0 Å². The molecule has 1 aliphatic carbocycles. The van der Waals surface area contributed by atoms with Crippen LogP contribution in [0.15, 0.2) is 20.7 Å². The first kappa shape index (κ1) is 14.9. The molecule has 0 radical (unpaired) electrons. The Kier molecular flexibility index (Phi) is 4.41. The van der Waals surface area contributed by atoms with Gasteiger partial charge in [-0.25, -0.2) is 13.2 Å². The van der Waals surface area contributed by atoms with Crippen molar-refractivity contribution < 1.29 is 13.5 Å². The standard InChI is InChI=1S/C11H17N3O5S/c15-6-5-14(8-3-1-2-4-8)20(18,19)9-7-12-11(17)13-10(9)16/h7-8,15H,1-6H2,(H2,12,13,16,17). The maximum atomic E-state index is 12.5. The number of nitrogens with zero attached hydrogens (tertiary/aromatic N) is 1. The summed E-state index contributed by atoms with van der Waals surface area (Å²) < 4.78 is 26.2. The third kappa shape index (κ3) is 2.84. The van der Waals surface area contributed by atoms with Gasteiger partial charge >= 0.3 is 5.69 Å². The summed E-state index contributed by atoms with van der Waals surface area (Å²) in [6.45, 7) is -0.386. The molecule has 1 aromatic rings. The minimum atomic E-state index is -4.03. The molecule has 0 unspecified atom stereocenters. The molecule has 8 nitrogen and oxygen atoms in total. The van der Waals surface area contributed by atoms with Crippen molar-refractivity contribution in [1.82, 2.24) is 14.3 Å². The minimum absolute atomic E-state index is 0.0639. The minimum Gasteiger partial charge on any atom is -0.395 e. The van der Waals surface area contributed by atoms with Crippen LogP contribution in [0, 0.1) is 0 Å². The van der Waals surface area contributed by atoms with Crippen molar-refractivity contribution in [3.05, 3.63) is 27.0 Å². The molecule has 0 aliphatic heterocycles. The number of aliphatic hydroxyl groups is 1. The lowest BCUT2D eigenvalue weighted by molar-refractivity contribution is 0.226. The molecule has 0 saturated heterocycles. The smallest absolute Gasteiger partial charge is 0.325 e. The fraction of sp³-hybridized carbons (Fsp3) is 0.636. The number of hydrogen-bond donors (Lipinski definition) is 3. The Labute approximate surface area is 115 Å². The average molecular weight is 303 g/mol. The van der Waals surface area contributed by atoms with Gasteiger partial charge in [-0.3, -0.25) is 9.78 Å². The van der Waals surface area contributed by atoms with Gasteiger partial charge in [0.1, 0.15) is 0 Å². The van der Waals surface area contributed by atoms with Gasteiger partial charge in [-0.05, 0) is 12.8 Å². The molecule has 9 heteroatoms. The van der Waals surface area contributed by atoms with Crippen molar-refractivity contribution >= 4 is 10.0 Å². The van der Waals surface area contributed by atoms with E-state index in [1.54, 1.807) is 0 Å². The molecule has 0 atom stereocenters. The quantitative estimate of drug-likeness (QED) is 0.643. The zero-order valence-electron chi connectivity index (χ0n) is 10.8. The van der Waals surface area contributed by atoms with Gasteiger partial charge in [-0.2, -0.15) is 4.31 Å². The highest BCUT2D eigenvalue weighted by atomic mass is 32.2. The lowest BCUT2D eigenvalue weighted by Crippen LogP contribution is -2.43. The Hall–Kier alpha value is -1.45. The van der Waals surface area contributed by atoms with Crippen LogP contribution in [-0.4, -0.2) is 47.0 Å². The maximum absolute atomic E-state index is 12.5. The van der Waals surface area contributed by atoms with Crippen molar-refractivity contribution in [3.8, 4) is 0 Å². The Morgan fingerprint density at radius 3 is 2.50 bits per heavy atom. The first-order chi connectivity index (χ1) is 9.46. The topological polar surface area (TPSA) is 123 Å². The summed E-state index contributed by atoms with van der Waals surface area (Å²) in [5.41, 5.74) is -1.71. The molecule has 1 fully saturated rings. The van der Waals surface area contributed by atoms with E-state index in [0.717, 1.165) is 23.3 Å². The number of H-pyrrole nitrogens is 2. The van der Waals surface area contributed by atoms with Crippen LogP contribution < -0.4 is 11.2 Å². The second-order valence-corrected chi connectivity index (χ2v) is 6.57. The Morgan fingerprint density at radius 2 is 1.95 bits per heavy atom. The van der Waals surface area contributed by atoms with Crippen molar-refractivity contribution in [2.75, 3.05) is 13.2 Å². The SMILES string of the molecule is O=c1[nH]cc(S(=O)(=O)N(CCO)C2CCCC2)c(=O)[nH]1. The maximum Gasteiger partial charge on any atom is 0.325 e. The Morgan fingerprint density at radius 1 is 1.30 bits per heavy atom. The number of rotatable bonds is 5. The zero-order valence-corrected chi connectivity index (χ0v) is 11.6. The highest BCUT2D eigenvalue weighted by Crippen LogP contribution is 2.27. The van der Waals surface area contributed by atoms with E-state index in [1.807, 2.05) is 4.98 Å². The molecule has 112 valence electrons. The average Bonchev–Trinajstić information content (AvgIpc) is 2.88. The molecule has 1 aliphatic rings. The van der Waals surface area contributed by atoms with Crippen LogP contribution in [0.3, 0.4) is 0 Å². The predicted molar refractivity (Wildman–Crippen MR) is 70.9 cm³/mol. The molecule has 1 heterocycles. The molecule has 0 amide bonds. The molecule has 20 heavy (non-hydrogen) atoms.